The first-order chi connectivity index (χ1) is 8.30. The molecular weight excluding hydrogens is 251 g/mol. The van der Waals surface area contributed by atoms with Crippen molar-refractivity contribution >= 4 is 11.8 Å². The van der Waals surface area contributed by atoms with Gasteiger partial charge in [-0.3, -0.25) is 9.59 Å². The second-order valence-electron chi connectivity index (χ2n) is 3.42. The fourth-order valence-electron chi connectivity index (χ4n) is 1.17. The van der Waals surface area contributed by atoms with Crippen LogP contribution in [-0.4, -0.2) is 18.3 Å². The molecule has 0 spiro atoms. The van der Waals surface area contributed by atoms with E-state index in [1.54, 1.807) is 0 Å². The predicted molar refractivity (Wildman–Crippen MR) is 55.5 cm³/mol. The van der Waals surface area contributed by atoms with Gasteiger partial charge in [0.1, 0.15) is 0 Å². The van der Waals surface area contributed by atoms with Gasteiger partial charge in [-0.15, -0.1) is 5.48 Å². The number of Topliss-reactive ketones (excluding diaryl/α,β-unsaturated/α-hetero) is 1. The average Bonchev–Trinajstić information content (AvgIpc) is 2.27. The molecule has 0 heterocycles. The van der Waals surface area contributed by atoms with Gasteiger partial charge in [0.15, 0.2) is 5.78 Å². The van der Waals surface area contributed by atoms with Crippen molar-refractivity contribution in [2.45, 2.75) is 13.1 Å². The van der Waals surface area contributed by atoms with Crippen LogP contribution in [0, 0.1) is 0 Å². The molecule has 1 rings (SSSR count). The van der Waals surface area contributed by atoms with Gasteiger partial charge in [0, 0.05) is 12.5 Å². The standard InChI is InChI=1S/C11H10F3NO3/c1-7(16)18-15-6-10(17)8-3-2-4-9(5-8)11(12,13)14/h2-5,15H,6H2,1H3. The third-order valence-corrected chi connectivity index (χ3v) is 1.96. The summed E-state index contributed by atoms with van der Waals surface area (Å²) in [4.78, 5) is 26.2. The number of alkyl halides is 3. The molecular formula is C11H10F3NO3. The maximum atomic E-state index is 12.4. The molecule has 7 heteroatoms. The number of ketones is 1. The Morgan fingerprint density at radius 1 is 1.33 bits per heavy atom. The van der Waals surface area contributed by atoms with Crippen LogP contribution in [0.5, 0.6) is 0 Å². The van der Waals surface area contributed by atoms with Crippen molar-refractivity contribution in [3.05, 3.63) is 35.4 Å². The van der Waals surface area contributed by atoms with Crippen LogP contribution in [-0.2, 0) is 15.8 Å². The molecule has 0 saturated heterocycles. The molecule has 0 radical (unpaired) electrons. The third-order valence-electron chi connectivity index (χ3n) is 1.96. The Morgan fingerprint density at radius 2 is 2.00 bits per heavy atom. The number of carbonyl (C=O) groups is 2. The summed E-state index contributed by atoms with van der Waals surface area (Å²) in [6.07, 6.45) is -4.50. The van der Waals surface area contributed by atoms with E-state index in [9.17, 15) is 22.8 Å². The molecule has 0 aliphatic rings. The fourth-order valence-corrected chi connectivity index (χ4v) is 1.17. The van der Waals surface area contributed by atoms with Crippen LogP contribution >= 0.6 is 0 Å². The van der Waals surface area contributed by atoms with Crippen molar-refractivity contribution in [2.24, 2.45) is 0 Å². The van der Waals surface area contributed by atoms with E-state index >= 15 is 0 Å². The van der Waals surface area contributed by atoms with Gasteiger partial charge in [-0.2, -0.15) is 13.2 Å². The Bertz CT molecular complexity index is 457. The molecule has 0 aromatic heterocycles. The van der Waals surface area contributed by atoms with E-state index in [0.717, 1.165) is 25.1 Å². The Hall–Kier alpha value is -1.89. The quantitative estimate of drug-likeness (QED) is 0.665. The smallest absolute Gasteiger partial charge is 0.371 e. The SMILES string of the molecule is CC(=O)ONCC(=O)c1cccc(C(F)(F)F)c1. The minimum Gasteiger partial charge on any atom is -0.371 e. The van der Waals surface area contributed by atoms with Crippen LogP contribution in [0.2, 0.25) is 0 Å². The summed E-state index contributed by atoms with van der Waals surface area (Å²) in [5.41, 5.74) is 1.05. The highest BCUT2D eigenvalue weighted by Crippen LogP contribution is 2.29. The van der Waals surface area contributed by atoms with Gasteiger partial charge < -0.3 is 4.84 Å². The number of hydroxylamine groups is 1. The molecule has 0 fully saturated rings. The summed E-state index contributed by atoms with van der Waals surface area (Å²) in [6, 6.07) is 4.02. The van der Waals surface area contributed by atoms with Crippen molar-refractivity contribution in [3.63, 3.8) is 0 Å². The lowest BCUT2D eigenvalue weighted by atomic mass is 10.1. The van der Waals surface area contributed by atoms with E-state index in [1.165, 1.54) is 6.07 Å². The van der Waals surface area contributed by atoms with Crippen molar-refractivity contribution in [3.8, 4) is 0 Å². The topological polar surface area (TPSA) is 55.4 Å². The minimum atomic E-state index is -4.50. The summed E-state index contributed by atoms with van der Waals surface area (Å²) in [5, 5.41) is 0. The molecule has 98 valence electrons. The maximum absolute atomic E-state index is 12.4. The Balaban J connectivity index is 2.72. The summed E-state index contributed by atoms with van der Waals surface area (Å²) in [6.45, 7) is 0.739. The summed E-state index contributed by atoms with van der Waals surface area (Å²) < 4.78 is 37.2. The molecule has 1 N–H and O–H groups in total. The number of rotatable bonds is 4. The minimum absolute atomic E-state index is 0.107. The summed E-state index contributed by atoms with van der Waals surface area (Å²) in [7, 11) is 0. The number of nitrogens with one attached hydrogen (secondary N) is 1. The zero-order chi connectivity index (χ0) is 13.8. The van der Waals surface area contributed by atoms with E-state index in [1.807, 2.05) is 0 Å². The van der Waals surface area contributed by atoms with E-state index in [2.05, 4.69) is 10.3 Å². The van der Waals surface area contributed by atoms with Crippen molar-refractivity contribution in [2.75, 3.05) is 6.54 Å². The molecule has 0 aliphatic carbocycles. The summed E-state index contributed by atoms with van der Waals surface area (Å²) in [5.74, 6) is -1.26. The van der Waals surface area contributed by atoms with Gasteiger partial charge in [-0.1, -0.05) is 12.1 Å². The van der Waals surface area contributed by atoms with Crippen LogP contribution in [0.4, 0.5) is 13.2 Å². The van der Waals surface area contributed by atoms with Gasteiger partial charge in [-0.25, -0.2) is 0 Å². The molecule has 0 bridgehead atoms. The van der Waals surface area contributed by atoms with Crippen LogP contribution in [0.15, 0.2) is 24.3 Å². The van der Waals surface area contributed by atoms with Crippen LogP contribution < -0.4 is 5.48 Å². The Kier molecular flexibility index (Phi) is 4.43. The van der Waals surface area contributed by atoms with Gasteiger partial charge in [0.2, 0.25) is 0 Å². The van der Waals surface area contributed by atoms with Crippen LogP contribution in [0.3, 0.4) is 0 Å². The van der Waals surface area contributed by atoms with E-state index in [0.29, 0.717) is 0 Å². The highest BCUT2D eigenvalue weighted by Gasteiger charge is 2.30. The highest BCUT2D eigenvalue weighted by atomic mass is 19.4. The first-order valence-corrected chi connectivity index (χ1v) is 4.91. The van der Waals surface area contributed by atoms with Gasteiger partial charge >= 0.3 is 12.1 Å². The molecule has 0 unspecified atom stereocenters. The second kappa shape index (κ2) is 5.63. The lowest BCUT2D eigenvalue weighted by molar-refractivity contribution is -0.147. The highest BCUT2D eigenvalue weighted by molar-refractivity contribution is 5.97. The molecule has 4 nitrogen and oxygen atoms in total. The number of hydrogen-bond donors (Lipinski definition) is 1. The Morgan fingerprint density at radius 3 is 2.56 bits per heavy atom. The summed E-state index contributed by atoms with van der Waals surface area (Å²) >= 11 is 0. The molecule has 0 saturated carbocycles. The van der Waals surface area contributed by atoms with Crippen LogP contribution in [0.25, 0.3) is 0 Å². The molecule has 18 heavy (non-hydrogen) atoms. The molecule has 1 aromatic carbocycles. The normalized spacial score (nSPS) is 11.1. The van der Waals surface area contributed by atoms with Crippen molar-refractivity contribution in [1.82, 2.24) is 5.48 Å². The largest absolute Gasteiger partial charge is 0.416 e. The first-order valence-electron chi connectivity index (χ1n) is 4.91. The zero-order valence-corrected chi connectivity index (χ0v) is 9.38. The van der Waals surface area contributed by atoms with E-state index in [4.69, 9.17) is 0 Å². The zero-order valence-electron chi connectivity index (χ0n) is 9.38. The second-order valence-corrected chi connectivity index (χ2v) is 3.42. The maximum Gasteiger partial charge on any atom is 0.416 e. The van der Waals surface area contributed by atoms with Gasteiger partial charge in [-0.05, 0) is 12.1 Å². The lowest BCUT2D eigenvalue weighted by Gasteiger charge is -2.08. The Labute approximate surface area is 101 Å². The van der Waals surface area contributed by atoms with Crippen molar-refractivity contribution < 1.29 is 27.6 Å². The fraction of sp³-hybridized carbons (Fsp3) is 0.273. The average molecular weight is 261 g/mol. The van der Waals surface area contributed by atoms with E-state index < -0.39 is 23.5 Å². The number of carbonyl (C=O) groups excluding carboxylic acids is 2. The lowest BCUT2D eigenvalue weighted by Crippen LogP contribution is -2.25. The predicted octanol–water partition coefficient (Wildman–Crippen LogP) is 1.96. The van der Waals surface area contributed by atoms with Gasteiger partial charge in [0.05, 0.1) is 12.1 Å². The number of hydrogen-bond acceptors (Lipinski definition) is 4. The van der Waals surface area contributed by atoms with Crippen molar-refractivity contribution in [1.29, 1.82) is 0 Å². The molecule has 0 atom stereocenters. The van der Waals surface area contributed by atoms with Crippen LogP contribution in [0.1, 0.15) is 22.8 Å². The monoisotopic (exact) mass is 261 g/mol. The first kappa shape index (κ1) is 14.2. The molecule has 0 aliphatic heterocycles. The van der Waals surface area contributed by atoms with E-state index in [-0.39, 0.29) is 12.1 Å². The molecule has 1 aromatic rings. The third kappa shape index (κ3) is 4.17. The van der Waals surface area contributed by atoms with Gasteiger partial charge in [0.25, 0.3) is 0 Å². The molecule has 0 amide bonds. The number of benzene rings is 1. The number of halogens is 3.